The smallest absolute Gasteiger partial charge is 0.310 e. The second kappa shape index (κ2) is 4.61. The quantitative estimate of drug-likeness (QED) is 0.485. The zero-order valence-corrected chi connectivity index (χ0v) is 9.81. The molecule has 1 aromatic rings. The van der Waals surface area contributed by atoms with Crippen molar-refractivity contribution < 1.29 is 14.5 Å². The van der Waals surface area contributed by atoms with Crippen molar-refractivity contribution in [1.82, 2.24) is 5.32 Å². The third-order valence-electron chi connectivity index (χ3n) is 2.44. The van der Waals surface area contributed by atoms with Crippen LogP contribution in [0.4, 0.5) is 11.4 Å². The average molecular weight is 270 g/mol. The lowest BCUT2D eigenvalue weighted by Gasteiger charge is -2.27. The summed E-state index contributed by atoms with van der Waals surface area (Å²) < 4.78 is 0. The standard InChI is InChI=1S/C10H8ClN3O4/c11-6-2-1-3-7(10(6)14(17)18)13-4-8(15)12-9(16)5-13/h1-3H,4-5H2,(H,12,15,16). The van der Waals surface area contributed by atoms with E-state index in [2.05, 4.69) is 5.32 Å². The first-order valence-corrected chi connectivity index (χ1v) is 5.37. The summed E-state index contributed by atoms with van der Waals surface area (Å²) >= 11 is 5.76. The number of carbonyl (C=O) groups is 2. The predicted molar refractivity (Wildman–Crippen MR) is 63.5 cm³/mol. The van der Waals surface area contributed by atoms with E-state index in [1.165, 1.54) is 23.1 Å². The van der Waals surface area contributed by atoms with E-state index in [0.717, 1.165) is 0 Å². The summed E-state index contributed by atoms with van der Waals surface area (Å²) in [5.74, 6) is -0.999. The van der Waals surface area contributed by atoms with Crippen LogP contribution < -0.4 is 10.2 Å². The summed E-state index contributed by atoms with van der Waals surface area (Å²) in [5.41, 5.74) is -0.141. The number of nitrogens with zero attached hydrogens (tertiary/aromatic N) is 2. The average Bonchev–Trinajstić information content (AvgIpc) is 2.26. The van der Waals surface area contributed by atoms with Crippen molar-refractivity contribution in [2.24, 2.45) is 0 Å². The Hall–Kier alpha value is -2.15. The number of anilines is 1. The summed E-state index contributed by atoms with van der Waals surface area (Å²) in [5, 5.41) is 13.0. The van der Waals surface area contributed by atoms with Gasteiger partial charge in [-0.1, -0.05) is 17.7 Å². The lowest BCUT2D eigenvalue weighted by Crippen LogP contribution is -2.51. The maximum Gasteiger partial charge on any atom is 0.310 e. The van der Waals surface area contributed by atoms with Crippen LogP contribution in [0.5, 0.6) is 0 Å². The monoisotopic (exact) mass is 269 g/mol. The largest absolute Gasteiger partial charge is 0.347 e. The van der Waals surface area contributed by atoms with Gasteiger partial charge in [0.05, 0.1) is 18.0 Å². The fraction of sp³-hybridized carbons (Fsp3) is 0.200. The molecule has 1 aliphatic rings. The lowest BCUT2D eigenvalue weighted by molar-refractivity contribution is -0.384. The van der Waals surface area contributed by atoms with Gasteiger partial charge in [-0.25, -0.2) is 0 Å². The van der Waals surface area contributed by atoms with Crippen LogP contribution in [0.2, 0.25) is 5.02 Å². The van der Waals surface area contributed by atoms with E-state index in [-0.39, 0.29) is 29.5 Å². The predicted octanol–water partition coefficient (Wildman–Crippen LogP) is 0.711. The highest BCUT2D eigenvalue weighted by Gasteiger charge is 2.29. The van der Waals surface area contributed by atoms with Gasteiger partial charge in [-0.2, -0.15) is 0 Å². The second-order valence-electron chi connectivity index (χ2n) is 3.69. The highest BCUT2D eigenvalue weighted by molar-refractivity contribution is 6.33. The number of para-hydroxylation sites is 1. The Labute approximate surface area is 106 Å². The molecule has 0 bridgehead atoms. The molecule has 1 aliphatic heterocycles. The Morgan fingerprint density at radius 1 is 1.28 bits per heavy atom. The van der Waals surface area contributed by atoms with Crippen LogP contribution in [0, 0.1) is 10.1 Å². The fourth-order valence-electron chi connectivity index (χ4n) is 1.75. The molecule has 1 fully saturated rings. The van der Waals surface area contributed by atoms with Crippen molar-refractivity contribution in [3.05, 3.63) is 33.3 Å². The van der Waals surface area contributed by atoms with Gasteiger partial charge in [0.15, 0.2) is 0 Å². The van der Waals surface area contributed by atoms with Crippen molar-refractivity contribution in [1.29, 1.82) is 0 Å². The number of halogens is 1. The number of rotatable bonds is 2. The molecule has 1 N–H and O–H groups in total. The SMILES string of the molecule is O=C1CN(c2cccc(Cl)c2[N+](=O)[O-])CC(=O)N1. The van der Waals surface area contributed by atoms with Crippen molar-refractivity contribution in [2.75, 3.05) is 18.0 Å². The topological polar surface area (TPSA) is 92.6 Å². The van der Waals surface area contributed by atoms with E-state index >= 15 is 0 Å². The number of nitro groups is 1. The molecular formula is C10H8ClN3O4. The van der Waals surface area contributed by atoms with Crippen LogP contribution in [0.15, 0.2) is 18.2 Å². The Bertz CT molecular complexity index is 530. The van der Waals surface area contributed by atoms with Crippen LogP contribution in [0.1, 0.15) is 0 Å². The summed E-state index contributed by atoms with van der Waals surface area (Å²) in [6.07, 6.45) is 0. The van der Waals surface area contributed by atoms with E-state index in [4.69, 9.17) is 11.6 Å². The molecule has 0 spiro atoms. The third-order valence-corrected chi connectivity index (χ3v) is 2.74. The van der Waals surface area contributed by atoms with E-state index in [0.29, 0.717) is 0 Å². The third kappa shape index (κ3) is 2.25. The summed E-state index contributed by atoms with van der Waals surface area (Å²) in [4.78, 5) is 34.1. The van der Waals surface area contributed by atoms with E-state index < -0.39 is 16.7 Å². The molecule has 0 aromatic heterocycles. The van der Waals surface area contributed by atoms with Gasteiger partial charge in [-0.3, -0.25) is 25.0 Å². The van der Waals surface area contributed by atoms with E-state index in [1.807, 2.05) is 0 Å². The number of nitrogens with one attached hydrogen (secondary N) is 1. The van der Waals surface area contributed by atoms with Gasteiger partial charge in [-0.05, 0) is 12.1 Å². The maximum atomic E-state index is 11.2. The molecule has 0 unspecified atom stereocenters. The molecule has 8 heteroatoms. The van der Waals surface area contributed by atoms with Crippen LogP contribution >= 0.6 is 11.6 Å². The molecular weight excluding hydrogens is 262 g/mol. The maximum absolute atomic E-state index is 11.2. The zero-order chi connectivity index (χ0) is 13.3. The highest BCUT2D eigenvalue weighted by Crippen LogP contribution is 2.35. The molecule has 0 atom stereocenters. The van der Waals surface area contributed by atoms with E-state index in [1.54, 1.807) is 0 Å². The zero-order valence-electron chi connectivity index (χ0n) is 9.05. The molecule has 0 radical (unpaired) electrons. The number of hydrogen-bond donors (Lipinski definition) is 1. The molecule has 2 rings (SSSR count). The Morgan fingerprint density at radius 3 is 2.44 bits per heavy atom. The number of carbonyl (C=O) groups excluding carboxylic acids is 2. The van der Waals surface area contributed by atoms with Crippen LogP contribution in [0.25, 0.3) is 0 Å². The molecule has 1 aromatic carbocycles. The minimum Gasteiger partial charge on any atom is -0.347 e. The van der Waals surface area contributed by atoms with Crippen molar-refractivity contribution in [3.8, 4) is 0 Å². The number of imide groups is 1. The lowest BCUT2D eigenvalue weighted by atomic mass is 10.2. The summed E-state index contributed by atoms with van der Waals surface area (Å²) in [7, 11) is 0. The minimum atomic E-state index is -0.630. The van der Waals surface area contributed by atoms with Crippen molar-refractivity contribution in [2.45, 2.75) is 0 Å². The number of piperazine rings is 1. The molecule has 18 heavy (non-hydrogen) atoms. The number of benzene rings is 1. The minimum absolute atomic E-state index is 0.0315. The highest BCUT2D eigenvalue weighted by atomic mass is 35.5. The second-order valence-corrected chi connectivity index (χ2v) is 4.10. The Morgan fingerprint density at radius 2 is 1.89 bits per heavy atom. The summed E-state index contributed by atoms with van der Waals surface area (Å²) in [6, 6.07) is 4.37. The van der Waals surface area contributed by atoms with Gasteiger partial charge in [-0.15, -0.1) is 0 Å². The first-order chi connectivity index (χ1) is 8.49. The Kier molecular flexibility index (Phi) is 3.15. The van der Waals surface area contributed by atoms with Crippen LogP contribution in [0.3, 0.4) is 0 Å². The first-order valence-electron chi connectivity index (χ1n) is 4.99. The van der Waals surface area contributed by atoms with Gasteiger partial charge < -0.3 is 4.90 Å². The van der Waals surface area contributed by atoms with Crippen LogP contribution in [-0.4, -0.2) is 29.8 Å². The van der Waals surface area contributed by atoms with E-state index in [9.17, 15) is 19.7 Å². The van der Waals surface area contributed by atoms with Crippen molar-refractivity contribution >= 4 is 34.8 Å². The van der Waals surface area contributed by atoms with Gasteiger partial charge in [0.25, 0.3) is 0 Å². The summed E-state index contributed by atoms with van der Waals surface area (Å²) in [6.45, 7) is -0.236. The molecule has 2 amide bonds. The number of amides is 2. The first kappa shape index (κ1) is 12.3. The van der Waals surface area contributed by atoms with Gasteiger partial charge >= 0.3 is 5.69 Å². The molecule has 1 heterocycles. The van der Waals surface area contributed by atoms with Gasteiger partial charge in [0.2, 0.25) is 11.8 Å². The fourth-order valence-corrected chi connectivity index (χ4v) is 1.99. The number of nitro benzene ring substituents is 1. The molecule has 1 saturated heterocycles. The molecule has 7 nitrogen and oxygen atoms in total. The molecule has 0 saturated carbocycles. The normalized spacial score (nSPS) is 15.5. The molecule has 0 aliphatic carbocycles. The molecule has 94 valence electrons. The van der Waals surface area contributed by atoms with Crippen LogP contribution in [-0.2, 0) is 9.59 Å². The van der Waals surface area contributed by atoms with Crippen molar-refractivity contribution in [3.63, 3.8) is 0 Å². The van der Waals surface area contributed by atoms with Gasteiger partial charge in [0, 0.05) is 0 Å². The van der Waals surface area contributed by atoms with Gasteiger partial charge in [0.1, 0.15) is 10.7 Å². The Balaban J connectivity index is 2.44. The number of hydrogen-bond acceptors (Lipinski definition) is 5.